The molecule has 3 aromatic rings. The van der Waals surface area contributed by atoms with Crippen molar-refractivity contribution in [1.82, 2.24) is 19.5 Å². The molecule has 5 aliphatic rings. The van der Waals surface area contributed by atoms with Gasteiger partial charge in [-0.1, -0.05) is 6.07 Å². The lowest BCUT2D eigenvalue weighted by Crippen LogP contribution is -2.75. The number of piperidine rings is 1. The first-order chi connectivity index (χ1) is 17.9. The van der Waals surface area contributed by atoms with Crippen molar-refractivity contribution >= 4 is 11.6 Å². The Morgan fingerprint density at radius 2 is 2.19 bits per heavy atom. The molecule has 10 nitrogen and oxygen atoms in total. The largest absolute Gasteiger partial charge is 0.504 e. The quantitative estimate of drug-likeness (QED) is 0.457. The van der Waals surface area contributed by atoms with Crippen LogP contribution in [0.1, 0.15) is 65.0 Å². The van der Waals surface area contributed by atoms with E-state index in [0.29, 0.717) is 35.8 Å². The van der Waals surface area contributed by atoms with E-state index in [1.54, 1.807) is 13.0 Å². The van der Waals surface area contributed by atoms with E-state index in [4.69, 9.17) is 14.5 Å². The maximum Gasteiger partial charge on any atom is 0.343 e. The maximum absolute atomic E-state index is 13.8. The third-order valence-corrected chi connectivity index (χ3v) is 9.49. The van der Waals surface area contributed by atoms with Crippen molar-refractivity contribution in [3.05, 3.63) is 56.6 Å². The predicted octanol–water partition coefficient (Wildman–Crippen LogP) is 1.60. The van der Waals surface area contributed by atoms with E-state index in [-0.39, 0.29) is 41.6 Å². The van der Waals surface area contributed by atoms with Gasteiger partial charge in [-0.25, -0.2) is 14.3 Å². The van der Waals surface area contributed by atoms with E-state index in [9.17, 15) is 19.8 Å². The number of carbonyl (C=O) groups excluding carboxylic acids is 1. The highest BCUT2D eigenvalue weighted by Crippen LogP contribution is 2.68. The number of benzene rings is 1. The number of nitrogens with one attached hydrogen (secondary N) is 1. The molecule has 1 saturated heterocycles. The van der Waals surface area contributed by atoms with Gasteiger partial charge in [0.1, 0.15) is 5.56 Å². The Morgan fingerprint density at radius 3 is 2.97 bits per heavy atom. The van der Waals surface area contributed by atoms with Gasteiger partial charge in [-0.2, -0.15) is 0 Å². The summed E-state index contributed by atoms with van der Waals surface area (Å²) in [6, 6.07) is 3.43. The first kappa shape index (κ1) is 21.7. The van der Waals surface area contributed by atoms with E-state index in [1.807, 2.05) is 6.07 Å². The molecule has 1 spiro atoms. The Hall–Kier alpha value is -3.37. The smallest absolute Gasteiger partial charge is 0.343 e. The van der Waals surface area contributed by atoms with Crippen LogP contribution in [-0.2, 0) is 23.0 Å². The number of aromatic hydroxyl groups is 1. The molecule has 0 radical (unpaired) electrons. The molecule has 0 amide bonds. The Kier molecular flexibility index (Phi) is 4.06. The molecule has 8 rings (SSSR count). The SMILES string of the molecule is CCOC(=O)c1c[nH]n2c(=O)c3c(nc12)[C@@H]1Oc2c(O)ccc4c2[C@@]12CCN(CC1CC1)[C@H](C4)[C@]2(O)C3. The minimum atomic E-state index is -1.27. The second-order valence-electron chi connectivity index (χ2n) is 11.3. The van der Waals surface area contributed by atoms with Crippen molar-refractivity contribution in [3.8, 4) is 11.5 Å². The Balaban J connectivity index is 1.38. The lowest BCUT2D eigenvalue weighted by Gasteiger charge is -2.62. The molecule has 3 aliphatic carbocycles. The van der Waals surface area contributed by atoms with Crippen molar-refractivity contribution in [3.63, 3.8) is 0 Å². The molecular weight excluding hydrogens is 476 g/mol. The number of aromatic nitrogens is 3. The Labute approximate surface area is 211 Å². The fourth-order valence-electron chi connectivity index (χ4n) is 7.73. The topological polar surface area (TPSA) is 129 Å². The van der Waals surface area contributed by atoms with Gasteiger partial charge in [-0.3, -0.25) is 14.8 Å². The first-order valence-corrected chi connectivity index (χ1v) is 13.2. The second kappa shape index (κ2) is 6.93. The maximum atomic E-state index is 13.8. The molecule has 3 N–H and O–H groups in total. The Morgan fingerprint density at radius 1 is 1.35 bits per heavy atom. The number of likely N-dealkylation sites (tertiary alicyclic amines) is 1. The third kappa shape index (κ3) is 2.50. The van der Waals surface area contributed by atoms with Gasteiger partial charge in [0.15, 0.2) is 23.3 Å². The molecule has 2 fully saturated rings. The summed E-state index contributed by atoms with van der Waals surface area (Å²) < 4.78 is 12.9. The molecule has 2 bridgehead atoms. The van der Waals surface area contributed by atoms with Gasteiger partial charge in [0.05, 0.1) is 23.3 Å². The highest BCUT2D eigenvalue weighted by molar-refractivity contribution is 5.95. The van der Waals surface area contributed by atoms with Gasteiger partial charge in [-0.15, -0.1) is 0 Å². The number of esters is 1. The van der Waals surface area contributed by atoms with Crippen LogP contribution in [0.2, 0.25) is 0 Å². The number of H-pyrrole nitrogens is 1. The molecule has 2 aromatic heterocycles. The van der Waals surface area contributed by atoms with Crippen LogP contribution in [0.4, 0.5) is 0 Å². The molecule has 1 saturated carbocycles. The van der Waals surface area contributed by atoms with Crippen molar-refractivity contribution in [1.29, 1.82) is 0 Å². The molecule has 0 unspecified atom stereocenters. The lowest BCUT2D eigenvalue weighted by atomic mass is 9.49. The number of aromatic amines is 1. The molecule has 1 aromatic carbocycles. The van der Waals surface area contributed by atoms with Gasteiger partial charge < -0.3 is 19.7 Å². The average molecular weight is 505 g/mol. The number of carbonyl (C=O) groups is 1. The number of phenolic OH excluding ortho intramolecular Hbond substituents is 1. The fourth-order valence-corrected chi connectivity index (χ4v) is 7.73. The zero-order chi connectivity index (χ0) is 25.3. The van der Waals surface area contributed by atoms with Crippen molar-refractivity contribution in [2.45, 2.75) is 62.2 Å². The number of hydrogen-bond acceptors (Lipinski definition) is 8. The molecular formula is C27H28N4O6. The molecule has 4 heterocycles. The number of phenols is 1. The van der Waals surface area contributed by atoms with Crippen LogP contribution in [0.15, 0.2) is 23.1 Å². The van der Waals surface area contributed by atoms with Gasteiger partial charge >= 0.3 is 5.97 Å². The van der Waals surface area contributed by atoms with E-state index < -0.39 is 23.1 Å². The van der Waals surface area contributed by atoms with Crippen molar-refractivity contribution in [2.75, 3.05) is 19.7 Å². The average Bonchev–Trinajstić information content (AvgIpc) is 3.46. The number of fused-ring (bicyclic) bond motifs is 3. The Bertz CT molecular complexity index is 1570. The molecule has 10 heteroatoms. The highest BCUT2D eigenvalue weighted by Gasteiger charge is 2.73. The van der Waals surface area contributed by atoms with Gasteiger partial charge in [0.25, 0.3) is 5.56 Å². The zero-order valence-corrected chi connectivity index (χ0v) is 20.5. The minimum absolute atomic E-state index is 0.0249. The minimum Gasteiger partial charge on any atom is -0.504 e. The van der Waals surface area contributed by atoms with Gasteiger partial charge in [0, 0.05) is 36.3 Å². The normalized spacial score (nSPS) is 31.1. The summed E-state index contributed by atoms with van der Waals surface area (Å²) >= 11 is 0. The van der Waals surface area contributed by atoms with Gasteiger partial charge in [-0.05, 0) is 56.7 Å². The third-order valence-electron chi connectivity index (χ3n) is 9.49. The summed E-state index contributed by atoms with van der Waals surface area (Å²) in [5.41, 5.74) is 0.603. The number of nitrogens with zero attached hydrogens (tertiary/aromatic N) is 3. The molecule has 4 atom stereocenters. The van der Waals surface area contributed by atoms with Crippen LogP contribution in [0.25, 0.3) is 5.65 Å². The van der Waals surface area contributed by atoms with E-state index in [1.165, 1.54) is 23.6 Å². The highest BCUT2D eigenvalue weighted by atomic mass is 16.5. The van der Waals surface area contributed by atoms with Crippen LogP contribution in [-0.4, -0.2) is 67.0 Å². The number of rotatable bonds is 4. The van der Waals surface area contributed by atoms with E-state index >= 15 is 0 Å². The van der Waals surface area contributed by atoms with Crippen LogP contribution < -0.4 is 10.3 Å². The molecule has 37 heavy (non-hydrogen) atoms. The summed E-state index contributed by atoms with van der Waals surface area (Å²) in [5.74, 6) is 0.495. The molecule has 192 valence electrons. The summed E-state index contributed by atoms with van der Waals surface area (Å²) in [4.78, 5) is 33.7. The fraction of sp³-hybridized carbons (Fsp3) is 0.519. The van der Waals surface area contributed by atoms with Gasteiger partial charge in [0.2, 0.25) is 0 Å². The lowest BCUT2D eigenvalue weighted by molar-refractivity contribution is -0.173. The van der Waals surface area contributed by atoms with Crippen LogP contribution in [0.3, 0.4) is 0 Å². The van der Waals surface area contributed by atoms with Crippen LogP contribution >= 0.6 is 0 Å². The second-order valence-corrected chi connectivity index (χ2v) is 11.3. The van der Waals surface area contributed by atoms with E-state index in [2.05, 4.69) is 10.00 Å². The van der Waals surface area contributed by atoms with Crippen LogP contribution in [0, 0.1) is 5.92 Å². The van der Waals surface area contributed by atoms with Crippen molar-refractivity contribution < 1.29 is 24.5 Å². The first-order valence-electron chi connectivity index (χ1n) is 13.2. The summed E-state index contributed by atoms with van der Waals surface area (Å²) in [7, 11) is 0. The predicted molar refractivity (Wildman–Crippen MR) is 130 cm³/mol. The molecule has 2 aliphatic heterocycles. The standard InChI is InChI=1S/C27H28N4O6/c1-2-36-25(34)16-11-28-31-23(16)29-20-15(24(31)33)10-27(35)18-9-14-5-6-17(32)21-19(14)26(27,22(20)37-21)7-8-30(18)12-13-3-4-13/h5-6,11,13,18,22,28,32,35H,2-4,7-10,12H2,1H3/t18-,22+,26+,27-/m1/s1. The summed E-state index contributed by atoms with van der Waals surface area (Å²) in [5, 5.41) is 26.4. The number of aliphatic hydroxyl groups is 1. The number of ether oxygens (including phenoxy) is 2. The van der Waals surface area contributed by atoms with Crippen LogP contribution in [0.5, 0.6) is 11.5 Å². The number of hydrogen-bond donors (Lipinski definition) is 3. The zero-order valence-electron chi connectivity index (χ0n) is 20.5. The van der Waals surface area contributed by atoms with E-state index in [0.717, 1.165) is 24.2 Å². The summed E-state index contributed by atoms with van der Waals surface area (Å²) in [6.45, 7) is 3.66. The monoisotopic (exact) mass is 504 g/mol. The van der Waals surface area contributed by atoms with Crippen molar-refractivity contribution in [2.24, 2.45) is 5.92 Å². The summed E-state index contributed by atoms with van der Waals surface area (Å²) in [6.07, 6.45) is 4.49.